The number of benzene rings is 1. The van der Waals surface area contributed by atoms with Crippen molar-refractivity contribution < 1.29 is 4.79 Å². The van der Waals surface area contributed by atoms with Crippen LogP contribution in [0.15, 0.2) is 41.3 Å². The first-order valence-electron chi connectivity index (χ1n) is 9.86. The molecule has 148 valence electrons. The smallest absolute Gasteiger partial charge is 0.225 e. The summed E-state index contributed by atoms with van der Waals surface area (Å²) in [6.07, 6.45) is 7.16. The molecule has 1 aliphatic carbocycles. The summed E-state index contributed by atoms with van der Waals surface area (Å²) in [5.74, 6) is 1.00. The van der Waals surface area contributed by atoms with Gasteiger partial charge in [-0.05, 0) is 31.0 Å². The van der Waals surface area contributed by atoms with Gasteiger partial charge in [0, 0.05) is 48.2 Å². The van der Waals surface area contributed by atoms with Crippen LogP contribution in [0.4, 0.5) is 17.3 Å². The highest BCUT2D eigenvalue weighted by Crippen LogP contribution is 2.38. The molecule has 1 aliphatic heterocycles. The molecular formula is C21H21BrN6O. The summed E-state index contributed by atoms with van der Waals surface area (Å²) >= 11 is 3.53. The SMILES string of the molecule is O=C(c1cnc2ccc(Br)cc2c1Nc1cnc(N2CCNCC2)nc1)C1CC1. The number of nitrogens with zero attached hydrogens (tertiary/aromatic N) is 4. The lowest BCUT2D eigenvalue weighted by Gasteiger charge is -2.27. The molecule has 0 spiro atoms. The molecule has 2 aromatic heterocycles. The van der Waals surface area contributed by atoms with E-state index in [2.05, 4.69) is 46.4 Å². The highest BCUT2D eigenvalue weighted by Gasteiger charge is 2.32. The lowest BCUT2D eigenvalue weighted by Crippen LogP contribution is -2.44. The quantitative estimate of drug-likeness (QED) is 0.572. The Morgan fingerprint density at radius 2 is 1.86 bits per heavy atom. The number of piperazine rings is 1. The van der Waals surface area contributed by atoms with Gasteiger partial charge in [0.1, 0.15) is 0 Å². The second-order valence-corrected chi connectivity index (χ2v) is 8.40. The number of hydrogen-bond donors (Lipinski definition) is 2. The number of rotatable bonds is 5. The summed E-state index contributed by atoms with van der Waals surface area (Å²) in [6.45, 7) is 3.67. The summed E-state index contributed by atoms with van der Waals surface area (Å²) in [7, 11) is 0. The van der Waals surface area contributed by atoms with Crippen molar-refractivity contribution in [2.75, 3.05) is 36.4 Å². The van der Waals surface area contributed by atoms with Crippen LogP contribution in [-0.2, 0) is 0 Å². The maximum Gasteiger partial charge on any atom is 0.225 e. The molecule has 0 radical (unpaired) electrons. The van der Waals surface area contributed by atoms with Gasteiger partial charge in [0.2, 0.25) is 5.95 Å². The Bertz CT molecular complexity index is 1060. The second-order valence-electron chi connectivity index (χ2n) is 7.48. The van der Waals surface area contributed by atoms with Crippen LogP contribution in [0.25, 0.3) is 10.9 Å². The van der Waals surface area contributed by atoms with Crippen molar-refractivity contribution in [3.05, 3.63) is 46.8 Å². The fraction of sp³-hybridized carbons (Fsp3) is 0.333. The summed E-state index contributed by atoms with van der Waals surface area (Å²) in [5, 5.41) is 7.63. The van der Waals surface area contributed by atoms with E-state index in [1.807, 2.05) is 18.2 Å². The molecule has 8 heteroatoms. The van der Waals surface area contributed by atoms with Crippen LogP contribution in [0.5, 0.6) is 0 Å². The minimum Gasteiger partial charge on any atom is -0.352 e. The van der Waals surface area contributed by atoms with Crippen LogP contribution in [0.3, 0.4) is 0 Å². The monoisotopic (exact) mass is 452 g/mol. The van der Waals surface area contributed by atoms with E-state index in [0.29, 0.717) is 5.56 Å². The first kappa shape index (κ1) is 18.4. The maximum absolute atomic E-state index is 12.9. The molecule has 2 aliphatic rings. The Kier molecular flexibility index (Phi) is 4.89. The highest BCUT2D eigenvalue weighted by atomic mass is 79.9. The zero-order valence-electron chi connectivity index (χ0n) is 15.9. The Morgan fingerprint density at radius 1 is 1.10 bits per heavy atom. The van der Waals surface area contributed by atoms with E-state index in [1.54, 1.807) is 18.6 Å². The molecule has 1 aromatic carbocycles. The molecule has 2 N–H and O–H groups in total. The Balaban J connectivity index is 1.50. The van der Waals surface area contributed by atoms with Crippen LogP contribution >= 0.6 is 15.9 Å². The Hall–Kier alpha value is -2.58. The topological polar surface area (TPSA) is 83.0 Å². The largest absolute Gasteiger partial charge is 0.352 e. The summed E-state index contributed by atoms with van der Waals surface area (Å²) in [5.41, 5.74) is 2.98. The molecule has 0 atom stereocenters. The van der Waals surface area contributed by atoms with Crippen molar-refractivity contribution in [3.8, 4) is 0 Å². The Labute approximate surface area is 177 Å². The van der Waals surface area contributed by atoms with E-state index in [9.17, 15) is 4.79 Å². The summed E-state index contributed by atoms with van der Waals surface area (Å²) < 4.78 is 0.941. The third kappa shape index (κ3) is 3.82. The number of nitrogens with one attached hydrogen (secondary N) is 2. The van der Waals surface area contributed by atoms with Gasteiger partial charge in [-0.15, -0.1) is 0 Å². The average molecular weight is 453 g/mol. The molecule has 3 heterocycles. The number of hydrogen-bond acceptors (Lipinski definition) is 7. The number of fused-ring (bicyclic) bond motifs is 1. The van der Waals surface area contributed by atoms with Crippen molar-refractivity contribution in [1.82, 2.24) is 20.3 Å². The van der Waals surface area contributed by atoms with E-state index in [0.717, 1.165) is 71.7 Å². The van der Waals surface area contributed by atoms with Crippen LogP contribution in [0.1, 0.15) is 23.2 Å². The Morgan fingerprint density at radius 3 is 2.59 bits per heavy atom. The van der Waals surface area contributed by atoms with Gasteiger partial charge in [0.15, 0.2) is 5.78 Å². The number of halogens is 1. The zero-order valence-corrected chi connectivity index (χ0v) is 17.4. The van der Waals surface area contributed by atoms with Crippen LogP contribution in [0, 0.1) is 5.92 Å². The highest BCUT2D eigenvalue weighted by molar-refractivity contribution is 9.10. The molecule has 5 rings (SSSR count). The lowest BCUT2D eigenvalue weighted by atomic mass is 10.0. The predicted molar refractivity (Wildman–Crippen MR) is 117 cm³/mol. The van der Waals surface area contributed by atoms with E-state index < -0.39 is 0 Å². The van der Waals surface area contributed by atoms with Gasteiger partial charge in [0.05, 0.1) is 34.8 Å². The van der Waals surface area contributed by atoms with E-state index >= 15 is 0 Å². The zero-order chi connectivity index (χ0) is 19.8. The van der Waals surface area contributed by atoms with Gasteiger partial charge in [-0.25, -0.2) is 9.97 Å². The molecule has 0 amide bonds. The minimum atomic E-state index is 0.119. The van der Waals surface area contributed by atoms with Gasteiger partial charge in [-0.3, -0.25) is 9.78 Å². The van der Waals surface area contributed by atoms with Gasteiger partial charge in [-0.2, -0.15) is 0 Å². The molecular weight excluding hydrogens is 432 g/mol. The lowest BCUT2D eigenvalue weighted by molar-refractivity contribution is 0.0968. The molecule has 0 bridgehead atoms. The number of aromatic nitrogens is 3. The van der Waals surface area contributed by atoms with Crippen LogP contribution in [-0.4, -0.2) is 46.9 Å². The van der Waals surface area contributed by atoms with Crippen molar-refractivity contribution >= 4 is 49.9 Å². The molecule has 1 saturated heterocycles. The van der Waals surface area contributed by atoms with Crippen LogP contribution in [0.2, 0.25) is 0 Å². The van der Waals surface area contributed by atoms with Gasteiger partial charge < -0.3 is 15.5 Å². The third-order valence-electron chi connectivity index (χ3n) is 5.35. The van der Waals surface area contributed by atoms with Gasteiger partial charge >= 0.3 is 0 Å². The fourth-order valence-corrected chi connectivity index (χ4v) is 3.97. The summed E-state index contributed by atoms with van der Waals surface area (Å²) in [6, 6.07) is 5.89. The maximum atomic E-state index is 12.9. The third-order valence-corrected chi connectivity index (χ3v) is 5.84. The number of pyridine rings is 1. The predicted octanol–water partition coefficient (Wildman–Crippen LogP) is 3.53. The van der Waals surface area contributed by atoms with Crippen molar-refractivity contribution in [1.29, 1.82) is 0 Å². The first-order valence-corrected chi connectivity index (χ1v) is 10.7. The molecule has 29 heavy (non-hydrogen) atoms. The molecule has 7 nitrogen and oxygen atoms in total. The number of anilines is 3. The number of carbonyl (C=O) groups is 1. The normalized spacial score (nSPS) is 16.8. The second kappa shape index (κ2) is 7.68. The first-order chi connectivity index (χ1) is 14.2. The van der Waals surface area contributed by atoms with Crippen LogP contribution < -0.4 is 15.5 Å². The van der Waals surface area contributed by atoms with Gasteiger partial charge in [0.25, 0.3) is 0 Å². The molecule has 3 aromatic rings. The van der Waals surface area contributed by atoms with Crippen molar-refractivity contribution in [2.24, 2.45) is 5.92 Å². The average Bonchev–Trinajstić information content (AvgIpc) is 3.60. The standard InChI is InChI=1S/C21H21BrN6O/c22-14-3-4-18-16(9-14)19(17(12-24-18)20(29)13-1-2-13)27-15-10-25-21(26-11-15)28-7-5-23-6-8-28/h3-4,9-13,23H,1-2,5-8H2,(H,24,27). The van der Waals surface area contributed by atoms with E-state index in [-0.39, 0.29) is 11.7 Å². The molecule has 2 fully saturated rings. The van der Waals surface area contributed by atoms with Gasteiger partial charge in [-0.1, -0.05) is 15.9 Å². The molecule has 1 saturated carbocycles. The molecule has 0 unspecified atom stereocenters. The van der Waals surface area contributed by atoms with E-state index in [1.165, 1.54) is 0 Å². The fourth-order valence-electron chi connectivity index (χ4n) is 3.61. The number of Topliss-reactive ketones (excluding diaryl/α,β-unsaturated/α-hetero) is 1. The number of ketones is 1. The van der Waals surface area contributed by atoms with E-state index in [4.69, 9.17) is 0 Å². The van der Waals surface area contributed by atoms with Crippen molar-refractivity contribution in [2.45, 2.75) is 12.8 Å². The number of carbonyl (C=O) groups excluding carboxylic acids is 1. The summed E-state index contributed by atoms with van der Waals surface area (Å²) in [4.78, 5) is 28.6. The minimum absolute atomic E-state index is 0.119. The van der Waals surface area contributed by atoms with Crippen molar-refractivity contribution in [3.63, 3.8) is 0 Å².